The SMILES string of the molecule is CC.Cc1ccc2nc(Nc3ccc(C)c(F)c3)[nH]c2c1.O=Cc1ccc(-c2cc3nccc(C4CCC4)c3s2)nc1. The van der Waals surface area contributed by atoms with Gasteiger partial charge in [0.2, 0.25) is 5.95 Å². The molecule has 0 radical (unpaired) electrons. The van der Waals surface area contributed by atoms with Gasteiger partial charge in [0.25, 0.3) is 0 Å². The van der Waals surface area contributed by atoms with E-state index in [0.717, 1.165) is 33.4 Å². The molecule has 8 heteroatoms. The number of aromatic nitrogens is 4. The van der Waals surface area contributed by atoms with Gasteiger partial charge in [-0.1, -0.05) is 32.4 Å². The van der Waals surface area contributed by atoms with Gasteiger partial charge in [-0.05, 0) is 97.8 Å². The Hall–Kier alpha value is -4.43. The first kappa shape index (κ1) is 29.1. The predicted octanol–water partition coefficient (Wildman–Crippen LogP) is 9.53. The van der Waals surface area contributed by atoms with Crippen molar-refractivity contribution in [3.63, 3.8) is 0 Å². The summed E-state index contributed by atoms with van der Waals surface area (Å²) in [6, 6.07) is 19.0. The zero-order valence-corrected chi connectivity index (χ0v) is 25.1. The Bertz CT molecular complexity index is 1820. The van der Waals surface area contributed by atoms with Crippen molar-refractivity contribution in [1.29, 1.82) is 0 Å². The highest BCUT2D eigenvalue weighted by atomic mass is 32.1. The lowest BCUT2D eigenvalue weighted by Gasteiger charge is -2.25. The van der Waals surface area contributed by atoms with E-state index in [1.165, 1.54) is 41.2 Å². The molecule has 0 saturated heterocycles. The smallest absolute Gasteiger partial charge is 0.205 e. The van der Waals surface area contributed by atoms with E-state index >= 15 is 0 Å². The van der Waals surface area contributed by atoms with Crippen LogP contribution < -0.4 is 5.32 Å². The van der Waals surface area contributed by atoms with Gasteiger partial charge in [-0.25, -0.2) is 9.37 Å². The quantitative estimate of drug-likeness (QED) is 0.199. The number of carbonyl (C=O) groups excluding carboxylic acids is 1. The number of aromatic amines is 1. The van der Waals surface area contributed by atoms with Crippen LogP contribution in [0.5, 0.6) is 0 Å². The number of H-pyrrole nitrogens is 1. The van der Waals surface area contributed by atoms with Crippen LogP contribution in [0.3, 0.4) is 0 Å². The number of thiophene rings is 1. The predicted molar refractivity (Wildman–Crippen MR) is 171 cm³/mol. The molecule has 4 heterocycles. The molecule has 4 aromatic heterocycles. The molecule has 6 nitrogen and oxygen atoms in total. The highest BCUT2D eigenvalue weighted by molar-refractivity contribution is 7.22. The third-order valence-corrected chi connectivity index (χ3v) is 8.43. The van der Waals surface area contributed by atoms with Gasteiger partial charge in [-0.15, -0.1) is 11.3 Å². The van der Waals surface area contributed by atoms with E-state index in [9.17, 15) is 9.18 Å². The number of benzene rings is 2. The Labute approximate surface area is 249 Å². The van der Waals surface area contributed by atoms with Gasteiger partial charge in [0.1, 0.15) is 5.82 Å². The Morgan fingerprint density at radius 3 is 2.50 bits per heavy atom. The monoisotopic (exact) mass is 579 g/mol. The minimum Gasteiger partial charge on any atom is -0.326 e. The number of carbonyl (C=O) groups is 1. The number of fused-ring (bicyclic) bond motifs is 2. The molecule has 0 aliphatic heterocycles. The van der Waals surface area contributed by atoms with Crippen molar-refractivity contribution in [2.45, 2.75) is 52.9 Å². The van der Waals surface area contributed by atoms with Crippen molar-refractivity contribution in [2.24, 2.45) is 0 Å². The molecule has 1 aliphatic carbocycles. The van der Waals surface area contributed by atoms with Crippen LogP contribution in [-0.4, -0.2) is 26.2 Å². The zero-order valence-electron chi connectivity index (χ0n) is 24.2. The number of imidazole rings is 1. The van der Waals surface area contributed by atoms with Crippen LogP contribution in [0.25, 0.3) is 31.8 Å². The Balaban J connectivity index is 0.000000160. The fourth-order valence-electron chi connectivity index (χ4n) is 4.74. The summed E-state index contributed by atoms with van der Waals surface area (Å²) < 4.78 is 14.8. The molecule has 1 fully saturated rings. The summed E-state index contributed by atoms with van der Waals surface area (Å²) in [5, 5.41) is 3.07. The number of aryl methyl sites for hydroxylation is 2. The highest BCUT2D eigenvalue weighted by Gasteiger charge is 2.23. The lowest BCUT2D eigenvalue weighted by molar-refractivity contribution is 0.112. The lowest BCUT2D eigenvalue weighted by Crippen LogP contribution is -2.08. The van der Waals surface area contributed by atoms with Gasteiger partial charge in [0.15, 0.2) is 6.29 Å². The van der Waals surface area contributed by atoms with Crippen LogP contribution in [-0.2, 0) is 0 Å². The maximum atomic E-state index is 13.5. The summed E-state index contributed by atoms with van der Waals surface area (Å²) in [5.74, 6) is 1.09. The maximum Gasteiger partial charge on any atom is 0.205 e. The molecule has 1 aliphatic rings. The molecular formula is C34H34FN5OS. The van der Waals surface area contributed by atoms with Crippen LogP contribution in [0.4, 0.5) is 16.0 Å². The molecular weight excluding hydrogens is 545 g/mol. The number of aldehydes is 1. The first-order chi connectivity index (χ1) is 20.5. The van der Waals surface area contributed by atoms with Gasteiger partial charge >= 0.3 is 0 Å². The molecule has 7 rings (SSSR count). The minimum atomic E-state index is -0.225. The Morgan fingerprint density at radius 2 is 1.81 bits per heavy atom. The molecule has 1 saturated carbocycles. The third-order valence-electron chi connectivity index (χ3n) is 7.23. The Kier molecular flexibility index (Phi) is 9.03. The standard InChI is InChI=1S/C17H14N2OS.C15H14FN3.C2H6/c20-10-11-4-5-14(19-9-11)16-8-15-17(21-16)13(6-7-18-15)12-2-1-3-12;1-9-3-6-13-14(7-9)19-15(18-13)17-11-5-4-10(2)12(16)8-11;1-2/h4-10,12H,1-3H2;3-8H,1-2H3,(H2,17,18,19);1-2H3. The van der Waals surface area contributed by atoms with Crippen molar-refractivity contribution >= 4 is 50.5 Å². The number of nitrogens with zero attached hydrogens (tertiary/aromatic N) is 3. The minimum absolute atomic E-state index is 0.225. The van der Waals surface area contributed by atoms with E-state index in [-0.39, 0.29) is 5.82 Å². The van der Waals surface area contributed by atoms with E-state index in [1.807, 2.05) is 57.3 Å². The summed E-state index contributed by atoms with van der Waals surface area (Å²) >= 11 is 1.75. The summed E-state index contributed by atoms with van der Waals surface area (Å²) in [5.41, 5.74) is 8.34. The summed E-state index contributed by atoms with van der Waals surface area (Å²) in [4.78, 5) is 28.3. The van der Waals surface area contributed by atoms with Crippen LogP contribution in [0, 0.1) is 19.7 Å². The van der Waals surface area contributed by atoms with Crippen LogP contribution in [0.1, 0.15) is 66.1 Å². The number of hydrogen-bond donors (Lipinski definition) is 2. The number of hydrogen-bond acceptors (Lipinski definition) is 6. The first-order valence-corrected chi connectivity index (χ1v) is 15.1. The van der Waals surface area contributed by atoms with Gasteiger partial charge in [0.05, 0.1) is 31.8 Å². The van der Waals surface area contributed by atoms with E-state index in [1.54, 1.807) is 36.6 Å². The van der Waals surface area contributed by atoms with Gasteiger partial charge < -0.3 is 10.3 Å². The molecule has 0 unspecified atom stereocenters. The maximum absolute atomic E-state index is 13.5. The molecule has 6 aromatic rings. The fraction of sp³-hybridized carbons (Fsp3) is 0.235. The third kappa shape index (κ3) is 6.39. The average Bonchev–Trinajstić information content (AvgIpc) is 3.60. The first-order valence-electron chi connectivity index (χ1n) is 14.3. The van der Waals surface area contributed by atoms with Crippen molar-refractivity contribution in [1.82, 2.24) is 19.9 Å². The number of pyridine rings is 2. The van der Waals surface area contributed by atoms with Crippen LogP contribution in [0.15, 0.2) is 73.1 Å². The molecule has 2 N–H and O–H groups in total. The van der Waals surface area contributed by atoms with E-state index in [4.69, 9.17) is 0 Å². The second-order valence-corrected chi connectivity index (χ2v) is 11.2. The van der Waals surface area contributed by atoms with Gasteiger partial charge in [0, 0.05) is 23.6 Å². The number of anilines is 2. The molecule has 0 bridgehead atoms. The van der Waals surface area contributed by atoms with Crippen molar-refractivity contribution < 1.29 is 9.18 Å². The summed E-state index contributed by atoms with van der Waals surface area (Å²) in [7, 11) is 0. The Morgan fingerprint density at radius 1 is 0.976 bits per heavy atom. The second kappa shape index (κ2) is 13.0. The molecule has 0 atom stereocenters. The molecule has 0 amide bonds. The second-order valence-electron chi connectivity index (χ2n) is 10.1. The van der Waals surface area contributed by atoms with Gasteiger partial charge in [-0.3, -0.25) is 14.8 Å². The number of rotatable bonds is 5. The van der Waals surface area contributed by atoms with E-state index < -0.39 is 0 Å². The number of nitrogens with one attached hydrogen (secondary N) is 2. The topological polar surface area (TPSA) is 83.6 Å². The summed E-state index contributed by atoms with van der Waals surface area (Å²) in [6.07, 6.45) is 8.26. The lowest BCUT2D eigenvalue weighted by atomic mass is 9.80. The van der Waals surface area contributed by atoms with Crippen LogP contribution >= 0.6 is 11.3 Å². The van der Waals surface area contributed by atoms with Gasteiger partial charge in [-0.2, -0.15) is 0 Å². The van der Waals surface area contributed by atoms with Crippen LogP contribution in [0.2, 0.25) is 0 Å². The van der Waals surface area contributed by atoms with E-state index in [0.29, 0.717) is 28.7 Å². The molecule has 0 spiro atoms. The molecule has 42 heavy (non-hydrogen) atoms. The molecule has 214 valence electrons. The largest absolute Gasteiger partial charge is 0.326 e. The fourth-order valence-corrected chi connectivity index (χ4v) is 5.92. The average molecular weight is 580 g/mol. The molecule has 2 aromatic carbocycles. The zero-order chi connectivity index (χ0) is 29.6. The summed E-state index contributed by atoms with van der Waals surface area (Å²) in [6.45, 7) is 7.77. The van der Waals surface area contributed by atoms with Crippen molar-refractivity contribution in [3.8, 4) is 10.6 Å². The number of halogens is 1. The highest BCUT2D eigenvalue weighted by Crippen LogP contribution is 2.43. The normalized spacial score (nSPS) is 12.6. The van der Waals surface area contributed by atoms with Crippen molar-refractivity contribution in [3.05, 3.63) is 101 Å². The van der Waals surface area contributed by atoms with E-state index in [2.05, 4.69) is 37.4 Å². The van der Waals surface area contributed by atoms with Crippen molar-refractivity contribution in [2.75, 3.05) is 5.32 Å².